The van der Waals surface area contributed by atoms with E-state index in [-0.39, 0.29) is 25.7 Å². The number of aliphatic hydroxyl groups excluding tert-OH is 1. The van der Waals surface area contributed by atoms with Gasteiger partial charge in [0.2, 0.25) is 0 Å². The minimum absolute atomic E-state index is 0.107. The summed E-state index contributed by atoms with van der Waals surface area (Å²) in [5.41, 5.74) is 0. The molecule has 0 amide bonds. The minimum atomic E-state index is -4.95. The molecule has 0 saturated heterocycles. The van der Waals surface area contributed by atoms with Crippen molar-refractivity contribution >= 4 is 39.5 Å². The number of phosphoric acid groups is 2. The summed E-state index contributed by atoms with van der Waals surface area (Å²) >= 11 is 0. The first-order valence-corrected chi connectivity index (χ1v) is 40.5. The molecule has 0 aromatic rings. The van der Waals surface area contributed by atoms with Crippen LogP contribution in [-0.4, -0.2) is 96.7 Å². The Kier molecular flexibility index (Phi) is 62.7. The predicted molar refractivity (Wildman–Crippen MR) is 368 cm³/mol. The van der Waals surface area contributed by atoms with Crippen molar-refractivity contribution in [2.75, 3.05) is 39.6 Å². The van der Waals surface area contributed by atoms with Gasteiger partial charge in [-0.25, -0.2) is 9.13 Å². The average molecular weight is 1340 g/mol. The Hall–Kier alpha value is -1.94. The van der Waals surface area contributed by atoms with Crippen LogP contribution in [0.4, 0.5) is 0 Å². The number of hydrogen-bond donors (Lipinski definition) is 3. The lowest BCUT2D eigenvalue weighted by molar-refractivity contribution is -0.161. The Morgan fingerprint density at radius 1 is 0.297 bits per heavy atom. The van der Waals surface area contributed by atoms with Crippen molar-refractivity contribution in [2.45, 2.75) is 387 Å². The monoisotopic (exact) mass is 1340 g/mol. The molecule has 0 saturated carbocycles. The summed E-state index contributed by atoms with van der Waals surface area (Å²) in [6, 6.07) is 0. The zero-order chi connectivity index (χ0) is 67.2. The maximum Gasteiger partial charge on any atom is 0.472 e. The Bertz CT molecular complexity index is 1770. The van der Waals surface area contributed by atoms with Crippen molar-refractivity contribution < 1.29 is 80.2 Å². The molecule has 3 N–H and O–H groups in total. The smallest absolute Gasteiger partial charge is 0.462 e. The zero-order valence-electron chi connectivity index (χ0n) is 59.1. The summed E-state index contributed by atoms with van der Waals surface area (Å²) in [6.45, 7) is 9.56. The Morgan fingerprint density at radius 2 is 0.505 bits per heavy atom. The van der Waals surface area contributed by atoms with E-state index in [2.05, 4.69) is 41.5 Å². The van der Waals surface area contributed by atoms with Gasteiger partial charge < -0.3 is 33.8 Å². The van der Waals surface area contributed by atoms with Crippen LogP contribution >= 0.6 is 15.6 Å². The van der Waals surface area contributed by atoms with Gasteiger partial charge in [-0.15, -0.1) is 0 Å². The lowest BCUT2D eigenvalue weighted by Gasteiger charge is -2.21. The van der Waals surface area contributed by atoms with E-state index in [1.165, 1.54) is 180 Å². The number of hydrogen-bond acceptors (Lipinski definition) is 15. The molecule has 0 fully saturated rings. The van der Waals surface area contributed by atoms with Crippen molar-refractivity contribution in [1.29, 1.82) is 0 Å². The molecule has 0 aliphatic heterocycles. The molecule has 0 aliphatic rings. The highest BCUT2D eigenvalue weighted by Crippen LogP contribution is 2.45. The molecule has 91 heavy (non-hydrogen) atoms. The molecule has 0 spiro atoms. The first-order chi connectivity index (χ1) is 43.9. The molecule has 0 aromatic heterocycles. The molecule has 19 heteroatoms. The number of ether oxygens (including phenoxy) is 4. The van der Waals surface area contributed by atoms with Crippen molar-refractivity contribution in [3.05, 3.63) is 0 Å². The summed E-state index contributed by atoms with van der Waals surface area (Å²) < 4.78 is 68.3. The molecule has 0 rings (SSSR count). The molecule has 0 aromatic carbocycles. The van der Waals surface area contributed by atoms with E-state index in [9.17, 15) is 43.2 Å². The first kappa shape index (κ1) is 89.1. The lowest BCUT2D eigenvalue weighted by atomic mass is 10.0. The second-order valence-electron chi connectivity index (χ2n) is 26.9. The molecule has 540 valence electrons. The van der Waals surface area contributed by atoms with Gasteiger partial charge in [0.15, 0.2) is 12.2 Å². The van der Waals surface area contributed by atoms with Crippen LogP contribution in [0.3, 0.4) is 0 Å². The number of unbranched alkanes of at least 4 members (excludes halogenated alkanes) is 41. The van der Waals surface area contributed by atoms with Crippen LogP contribution in [0, 0.1) is 11.8 Å². The van der Waals surface area contributed by atoms with Crippen LogP contribution in [0.2, 0.25) is 0 Å². The van der Waals surface area contributed by atoms with Crippen LogP contribution in [0.5, 0.6) is 0 Å². The normalized spacial score (nSPS) is 14.1. The predicted octanol–water partition coefficient (Wildman–Crippen LogP) is 20.8. The summed E-state index contributed by atoms with van der Waals surface area (Å²) in [7, 11) is -9.90. The minimum Gasteiger partial charge on any atom is -0.462 e. The fourth-order valence-corrected chi connectivity index (χ4v) is 12.5. The van der Waals surface area contributed by atoms with Gasteiger partial charge in [-0.3, -0.25) is 37.3 Å². The summed E-state index contributed by atoms with van der Waals surface area (Å²) in [6.07, 6.45) is 49.9. The van der Waals surface area contributed by atoms with Crippen LogP contribution in [0.1, 0.15) is 369 Å². The Morgan fingerprint density at radius 3 is 0.747 bits per heavy atom. The number of carbonyl (C=O) groups excluding carboxylic acids is 4. The zero-order valence-corrected chi connectivity index (χ0v) is 60.9. The summed E-state index contributed by atoms with van der Waals surface area (Å²) in [5, 5.41) is 10.6. The molecular formula is C72H140O17P2. The third kappa shape index (κ3) is 66.5. The van der Waals surface area contributed by atoms with E-state index in [0.29, 0.717) is 25.7 Å². The van der Waals surface area contributed by atoms with E-state index < -0.39 is 97.5 Å². The summed E-state index contributed by atoms with van der Waals surface area (Å²) in [5.74, 6) is -0.561. The van der Waals surface area contributed by atoms with Gasteiger partial charge in [0.1, 0.15) is 19.3 Å². The molecule has 0 heterocycles. The summed E-state index contributed by atoms with van der Waals surface area (Å²) in [4.78, 5) is 72.5. The van der Waals surface area contributed by atoms with Gasteiger partial charge >= 0.3 is 39.5 Å². The van der Waals surface area contributed by atoms with Gasteiger partial charge in [-0.2, -0.15) is 0 Å². The molecule has 0 radical (unpaired) electrons. The Balaban J connectivity index is 5.21. The number of aliphatic hydroxyl groups is 1. The number of rotatable bonds is 71. The standard InChI is InChI=1S/C72H140O17P2/c1-7-9-11-13-15-17-18-25-32-38-44-50-56-71(76)88-67(60-82-69(74)54-48-42-36-16-14-12-10-8-2)62-86-90(78,79)84-58-66(73)59-85-91(80,81)87-63-68(61-83-70(75)55-49-43-37-31-28-27-30-35-41-47-53-65(5)6)89-72(77)57-51-45-39-33-26-23-21-19-20-22-24-29-34-40-46-52-64(3)4/h64-68,73H,7-63H2,1-6H3,(H,78,79)(H,80,81)/t66-,67+,68+/m0/s1. The highest BCUT2D eigenvalue weighted by molar-refractivity contribution is 7.47. The van der Waals surface area contributed by atoms with Crippen molar-refractivity contribution in [3.63, 3.8) is 0 Å². The second kappa shape index (κ2) is 64.1. The van der Waals surface area contributed by atoms with E-state index in [4.69, 9.17) is 37.0 Å². The highest BCUT2D eigenvalue weighted by atomic mass is 31.2. The third-order valence-electron chi connectivity index (χ3n) is 16.7. The highest BCUT2D eigenvalue weighted by Gasteiger charge is 2.30. The lowest BCUT2D eigenvalue weighted by Crippen LogP contribution is -2.30. The Labute approximate surface area is 556 Å². The molecule has 2 unspecified atom stereocenters. The van der Waals surface area contributed by atoms with Gasteiger partial charge in [0, 0.05) is 25.7 Å². The number of esters is 4. The van der Waals surface area contributed by atoms with E-state index in [0.717, 1.165) is 108 Å². The molecule has 0 bridgehead atoms. The average Bonchev–Trinajstić information content (AvgIpc) is 3.34. The number of phosphoric ester groups is 2. The molecule has 5 atom stereocenters. The van der Waals surface area contributed by atoms with Gasteiger partial charge in [-0.1, -0.05) is 318 Å². The third-order valence-corrected chi connectivity index (χ3v) is 18.6. The van der Waals surface area contributed by atoms with E-state index in [1.54, 1.807) is 0 Å². The first-order valence-electron chi connectivity index (χ1n) is 37.5. The van der Waals surface area contributed by atoms with Gasteiger partial charge in [-0.05, 0) is 37.5 Å². The van der Waals surface area contributed by atoms with Crippen molar-refractivity contribution in [2.24, 2.45) is 11.8 Å². The maximum atomic E-state index is 13.0. The quantitative estimate of drug-likeness (QED) is 0.0222. The largest absolute Gasteiger partial charge is 0.472 e. The molecular weight excluding hydrogens is 1200 g/mol. The van der Waals surface area contributed by atoms with Crippen molar-refractivity contribution in [1.82, 2.24) is 0 Å². The second-order valence-corrected chi connectivity index (χ2v) is 29.8. The van der Waals surface area contributed by atoms with E-state index in [1.807, 2.05) is 0 Å². The van der Waals surface area contributed by atoms with E-state index >= 15 is 0 Å². The molecule has 0 aliphatic carbocycles. The topological polar surface area (TPSA) is 237 Å². The van der Waals surface area contributed by atoms with Crippen molar-refractivity contribution in [3.8, 4) is 0 Å². The van der Waals surface area contributed by atoms with Gasteiger partial charge in [0.05, 0.1) is 26.4 Å². The van der Waals surface area contributed by atoms with Crippen LogP contribution < -0.4 is 0 Å². The van der Waals surface area contributed by atoms with Gasteiger partial charge in [0.25, 0.3) is 0 Å². The van der Waals surface area contributed by atoms with Crippen LogP contribution in [-0.2, 0) is 65.4 Å². The van der Waals surface area contributed by atoms with Crippen LogP contribution in [0.15, 0.2) is 0 Å². The van der Waals surface area contributed by atoms with Crippen LogP contribution in [0.25, 0.3) is 0 Å². The fourth-order valence-electron chi connectivity index (χ4n) is 10.9. The fraction of sp³-hybridized carbons (Fsp3) is 0.944. The SMILES string of the molecule is CCCCCCCCCCCCCCC(=O)O[C@H](COC(=O)CCCCCCCCCC)COP(=O)(O)OC[C@H](O)COP(=O)(O)OC[C@@H](COC(=O)CCCCCCCCCCCCC(C)C)OC(=O)CCCCCCCCCCCCCCCCCC(C)C. The number of carbonyl (C=O) groups is 4. The maximum absolute atomic E-state index is 13.0. The molecule has 17 nitrogen and oxygen atoms in total.